The zero-order valence-corrected chi connectivity index (χ0v) is 11.8. The van der Waals surface area contributed by atoms with Crippen molar-refractivity contribution >= 4 is 11.8 Å². The molecule has 0 aliphatic carbocycles. The van der Waals surface area contributed by atoms with Crippen molar-refractivity contribution in [2.45, 2.75) is 31.2 Å². The average molecular weight is 255 g/mol. The molecule has 0 fully saturated rings. The summed E-state index contributed by atoms with van der Waals surface area (Å²) in [5, 5.41) is 0. The molecule has 0 saturated carbocycles. The Bertz CT molecular complexity index is 367. The van der Waals surface area contributed by atoms with Gasteiger partial charge in [0.05, 0.1) is 19.1 Å². The largest absolute Gasteiger partial charge is 0.496 e. The van der Waals surface area contributed by atoms with Gasteiger partial charge in [-0.3, -0.25) is 0 Å². The Morgan fingerprint density at radius 1 is 1.24 bits per heavy atom. The molecule has 0 amide bonds. The van der Waals surface area contributed by atoms with Crippen LogP contribution in [0.3, 0.4) is 0 Å². The van der Waals surface area contributed by atoms with E-state index in [2.05, 4.69) is 6.92 Å². The highest BCUT2D eigenvalue weighted by Crippen LogP contribution is 2.35. The second-order valence-corrected chi connectivity index (χ2v) is 5.24. The normalized spacial score (nSPS) is 12.3. The molecular formula is C13H21NO2S. The summed E-state index contributed by atoms with van der Waals surface area (Å²) in [4.78, 5) is 1.11. The third-order valence-corrected chi connectivity index (χ3v) is 3.33. The van der Waals surface area contributed by atoms with Crippen LogP contribution < -0.4 is 15.2 Å². The van der Waals surface area contributed by atoms with E-state index in [1.54, 1.807) is 26.0 Å². The molecule has 0 aliphatic heterocycles. The van der Waals surface area contributed by atoms with E-state index in [9.17, 15) is 0 Å². The molecule has 96 valence electrons. The Morgan fingerprint density at radius 3 is 2.35 bits per heavy atom. The smallest absolute Gasteiger partial charge is 0.132 e. The minimum absolute atomic E-state index is 0.110. The van der Waals surface area contributed by atoms with Gasteiger partial charge in [0.2, 0.25) is 0 Å². The van der Waals surface area contributed by atoms with Gasteiger partial charge in [0.1, 0.15) is 11.5 Å². The first-order chi connectivity index (χ1) is 8.12. The molecule has 0 bridgehead atoms. The highest BCUT2D eigenvalue weighted by molar-refractivity contribution is 7.99. The number of ether oxygens (including phenoxy) is 2. The van der Waals surface area contributed by atoms with Crippen LogP contribution in [0.15, 0.2) is 17.0 Å². The average Bonchev–Trinajstić information content (AvgIpc) is 2.30. The van der Waals surface area contributed by atoms with Crippen molar-refractivity contribution in [2.75, 3.05) is 20.0 Å². The van der Waals surface area contributed by atoms with E-state index in [4.69, 9.17) is 15.2 Å². The Kier molecular flexibility index (Phi) is 5.65. The SMILES string of the molecule is CCSc1cc(OC)c(C[C@H](C)N)cc1OC. The molecule has 0 aromatic heterocycles. The van der Waals surface area contributed by atoms with Crippen molar-refractivity contribution in [3.63, 3.8) is 0 Å². The lowest BCUT2D eigenvalue weighted by atomic mass is 10.1. The topological polar surface area (TPSA) is 44.5 Å². The van der Waals surface area contributed by atoms with Crippen LogP contribution >= 0.6 is 11.8 Å². The van der Waals surface area contributed by atoms with Gasteiger partial charge in [0.15, 0.2) is 0 Å². The van der Waals surface area contributed by atoms with Crippen molar-refractivity contribution in [3.8, 4) is 11.5 Å². The van der Waals surface area contributed by atoms with Crippen molar-refractivity contribution in [2.24, 2.45) is 5.73 Å². The molecule has 1 aromatic rings. The predicted molar refractivity (Wildman–Crippen MR) is 73.3 cm³/mol. The molecule has 1 atom stereocenters. The first-order valence-corrected chi connectivity index (χ1v) is 6.74. The van der Waals surface area contributed by atoms with Crippen molar-refractivity contribution in [1.82, 2.24) is 0 Å². The van der Waals surface area contributed by atoms with Gasteiger partial charge in [-0.05, 0) is 36.8 Å². The summed E-state index contributed by atoms with van der Waals surface area (Å²) in [6.45, 7) is 4.10. The van der Waals surface area contributed by atoms with Gasteiger partial charge in [-0.25, -0.2) is 0 Å². The Balaban J connectivity index is 3.12. The number of thioether (sulfide) groups is 1. The van der Waals surface area contributed by atoms with Crippen LogP contribution in [-0.2, 0) is 6.42 Å². The molecule has 1 rings (SSSR count). The van der Waals surface area contributed by atoms with E-state index >= 15 is 0 Å². The molecule has 4 heteroatoms. The Hall–Kier alpha value is -0.870. The summed E-state index contributed by atoms with van der Waals surface area (Å²) in [5.74, 6) is 2.79. The van der Waals surface area contributed by atoms with Gasteiger partial charge in [-0.1, -0.05) is 6.92 Å². The molecular weight excluding hydrogens is 234 g/mol. The van der Waals surface area contributed by atoms with Crippen LogP contribution in [0.4, 0.5) is 0 Å². The van der Waals surface area contributed by atoms with E-state index in [-0.39, 0.29) is 6.04 Å². The molecule has 17 heavy (non-hydrogen) atoms. The summed E-state index contributed by atoms with van der Waals surface area (Å²) < 4.78 is 10.8. The quantitative estimate of drug-likeness (QED) is 0.794. The molecule has 0 heterocycles. The standard InChI is InChI=1S/C13H21NO2S/c1-5-17-13-8-11(15-3)10(6-9(2)14)7-12(13)16-4/h7-9H,5-6,14H2,1-4H3/t9-/m0/s1. The lowest BCUT2D eigenvalue weighted by Crippen LogP contribution is -2.18. The maximum Gasteiger partial charge on any atom is 0.132 e. The maximum absolute atomic E-state index is 5.83. The van der Waals surface area contributed by atoms with Gasteiger partial charge in [0.25, 0.3) is 0 Å². The summed E-state index contributed by atoms with van der Waals surface area (Å²) >= 11 is 1.75. The first-order valence-electron chi connectivity index (χ1n) is 5.75. The summed E-state index contributed by atoms with van der Waals surface area (Å²) in [5.41, 5.74) is 6.93. The van der Waals surface area contributed by atoms with Crippen molar-refractivity contribution < 1.29 is 9.47 Å². The highest BCUT2D eigenvalue weighted by Gasteiger charge is 2.12. The van der Waals surface area contributed by atoms with Crippen LogP contribution in [0.5, 0.6) is 11.5 Å². The van der Waals surface area contributed by atoms with Crippen LogP contribution in [-0.4, -0.2) is 26.0 Å². The number of rotatable bonds is 6. The summed E-state index contributed by atoms with van der Waals surface area (Å²) in [6.07, 6.45) is 0.788. The molecule has 0 aliphatic rings. The molecule has 3 nitrogen and oxygen atoms in total. The third-order valence-electron chi connectivity index (χ3n) is 2.41. The zero-order chi connectivity index (χ0) is 12.8. The van der Waals surface area contributed by atoms with E-state index in [0.717, 1.165) is 34.1 Å². The maximum atomic E-state index is 5.83. The summed E-state index contributed by atoms with van der Waals surface area (Å²) in [6, 6.07) is 4.17. The second kappa shape index (κ2) is 6.77. The number of hydrogen-bond acceptors (Lipinski definition) is 4. The van der Waals surface area contributed by atoms with Gasteiger partial charge >= 0.3 is 0 Å². The van der Waals surface area contributed by atoms with Crippen LogP contribution in [0.25, 0.3) is 0 Å². The minimum Gasteiger partial charge on any atom is -0.496 e. The monoisotopic (exact) mass is 255 g/mol. The Morgan fingerprint density at radius 2 is 1.88 bits per heavy atom. The fourth-order valence-electron chi connectivity index (χ4n) is 1.71. The first kappa shape index (κ1) is 14.2. The fourth-order valence-corrected chi connectivity index (χ4v) is 2.49. The van der Waals surface area contributed by atoms with Crippen LogP contribution in [0.1, 0.15) is 19.4 Å². The lowest BCUT2D eigenvalue weighted by molar-refractivity contribution is 0.389. The fraction of sp³-hybridized carbons (Fsp3) is 0.538. The van der Waals surface area contributed by atoms with Crippen LogP contribution in [0, 0.1) is 0 Å². The predicted octanol–water partition coefficient (Wildman–Crippen LogP) is 2.71. The number of methoxy groups -OCH3 is 2. The van der Waals surface area contributed by atoms with Crippen LogP contribution in [0.2, 0.25) is 0 Å². The Labute approximate surface area is 108 Å². The molecule has 1 aromatic carbocycles. The minimum atomic E-state index is 0.110. The van der Waals surface area contributed by atoms with Gasteiger partial charge in [-0.2, -0.15) is 0 Å². The highest BCUT2D eigenvalue weighted by atomic mass is 32.2. The number of hydrogen-bond donors (Lipinski definition) is 1. The van der Waals surface area contributed by atoms with Crippen molar-refractivity contribution in [3.05, 3.63) is 17.7 Å². The van der Waals surface area contributed by atoms with Gasteiger partial charge in [0, 0.05) is 6.04 Å². The third kappa shape index (κ3) is 3.82. The van der Waals surface area contributed by atoms with Crippen molar-refractivity contribution in [1.29, 1.82) is 0 Å². The van der Waals surface area contributed by atoms with E-state index in [1.165, 1.54) is 0 Å². The number of nitrogens with two attached hydrogens (primary N) is 1. The zero-order valence-electron chi connectivity index (χ0n) is 10.9. The lowest BCUT2D eigenvalue weighted by Gasteiger charge is -2.15. The van der Waals surface area contributed by atoms with E-state index in [1.807, 2.05) is 19.1 Å². The van der Waals surface area contributed by atoms with E-state index < -0.39 is 0 Å². The second-order valence-electron chi connectivity index (χ2n) is 3.93. The summed E-state index contributed by atoms with van der Waals surface area (Å²) in [7, 11) is 3.38. The molecule has 0 unspecified atom stereocenters. The van der Waals surface area contributed by atoms with E-state index in [0.29, 0.717) is 0 Å². The molecule has 0 radical (unpaired) electrons. The number of benzene rings is 1. The van der Waals surface area contributed by atoms with Gasteiger partial charge < -0.3 is 15.2 Å². The van der Waals surface area contributed by atoms with Gasteiger partial charge in [-0.15, -0.1) is 11.8 Å². The molecule has 0 saturated heterocycles. The molecule has 0 spiro atoms. The molecule has 2 N–H and O–H groups in total.